The van der Waals surface area contributed by atoms with Crippen LogP contribution < -0.4 is 15.5 Å². The highest BCUT2D eigenvalue weighted by molar-refractivity contribution is 6.31. The minimum atomic E-state index is -0.970. The minimum absolute atomic E-state index is 0.0753. The molecule has 3 aromatic carbocycles. The molecule has 0 fully saturated rings. The molecule has 0 bridgehead atoms. The van der Waals surface area contributed by atoms with E-state index in [2.05, 4.69) is 5.32 Å². The minimum Gasteiger partial charge on any atom is -0.473 e. The van der Waals surface area contributed by atoms with Crippen molar-refractivity contribution in [2.75, 3.05) is 5.32 Å². The van der Waals surface area contributed by atoms with Gasteiger partial charge in [0.1, 0.15) is 5.58 Å². The molecular formula is C25H19Cl2NO4. The van der Waals surface area contributed by atoms with Crippen molar-refractivity contribution >= 4 is 45.8 Å². The van der Waals surface area contributed by atoms with E-state index < -0.39 is 17.4 Å². The highest BCUT2D eigenvalue weighted by Gasteiger charge is 2.23. The number of aryl methyl sites for hydroxylation is 1. The molecule has 32 heavy (non-hydrogen) atoms. The fourth-order valence-electron chi connectivity index (χ4n) is 3.16. The topological polar surface area (TPSA) is 68.5 Å². The number of halogens is 2. The number of rotatable bonds is 5. The highest BCUT2D eigenvalue weighted by Crippen LogP contribution is 2.33. The molecule has 5 nitrogen and oxygen atoms in total. The van der Waals surface area contributed by atoms with Crippen LogP contribution in [0.4, 0.5) is 5.69 Å². The van der Waals surface area contributed by atoms with Crippen LogP contribution in [0, 0.1) is 6.92 Å². The van der Waals surface area contributed by atoms with E-state index in [4.69, 9.17) is 32.4 Å². The number of ether oxygens (including phenoxy) is 1. The third kappa shape index (κ3) is 4.64. The van der Waals surface area contributed by atoms with Crippen molar-refractivity contribution in [2.24, 2.45) is 0 Å². The zero-order valence-electron chi connectivity index (χ0n) is 17.3. The average molecular weight is 468 g/mol. The molecular weight excluding hydrogens is 449 g/mol. The van der Waals surface area contributed by atoms with Crippen molar-refractivity contribution in [2.45, 2.75) is 20.0 Å². The van der Waals surface area contributed by atoms with Crippen molar-refractivity contribution in [3.8, 4) is 17.1 Å². The summed E-state index contributed by atoms with van der Waals surface area (Å²) in [6, 6.07) is 18.9. The molecule has 0 saturated heterocycles. The van der Waals surface area contributed by atoms with Crippen molar-refractivity contribution in [3.63, 3.8) is 0 Å². The van der Waals surface area contributed by atoms with Crippen LogP contribution in [0.2, 0.25) is 10.0 Å². The number of benzene rings is 3. The summed E-state index contributed by atoms with van der Waals surface area (Å²) in [7, 11) is 0. The second-order valence-electron chi connectivity index (χ2n) is 7.35. The van der Waals surface area contributed by atoms with Crippen molar-refractivity contribution in [1.82, 2.24) is 0 Å². The van der Waals surface area contributed by atoms with Crippen LogP contribution >= 0.6 is 23.2 Å². The lowest BCUT2D eigenvalue weighted by Crippen LogP contribution is -2.31. The van der Waals surface area contributed by atoms with Gasteiger partial charge in [-0.05, 0) is 68.4 Å². The van der Waals surface area contributed by atoms with Gasteiger partial charge in [0, 0.05) is 21.3 Å². The van der Waals surface area contributed by atoms with Crippen LogP contribution in [-0.4, -0.2) is 12.0 Å². The number of fused-ring (bicyclic) bond motifs is 1. The lowest BCUT2D eigenvalue weighted by molar-refractivity contribution is -0.122. The Hall–Kier alpha value is -3.28. The Morgan fingerprint density at radius 1 is 0.969 bits per heavy atom. The predicted molar refractivity (Wildman–Crippen MR) is 128 cm³/mol. The molecule has 4 rings (SSSR count). The molecule has 0 aliphatic heterocycles. The highest BCUT2D eigenvalue weighted by atomic mass is 35.5. The van der Waals surface area contributed by atoms with Gasteiger partial charge < -0.3 is 14.5 Å². The standard InChI is InChI=1S/C25H19Cl2NO4/c1-14-3-10-19(11-4-14)28-25(30)15(2)31-24-22(29)20-13-18(27)9-12-21(20)32-23(24)16-5-7-17(26)8-6-16/h3-13,15H,1-2H3,(H,28,30). The monoisotopic (exact) mass is 467 g/mol. The van der Waals surface area contributed by atoms with Crippen LogP contribution in [0.1, 0.15) is 12.5 Å². The Balaban J connectivity index is 1.73. The Morgan fingerprint density at radius 2 is 1.62 bits per heavy atom. The summed E-state index contributed by atoms with van der Waals surface area (Å²) < 4.78 is 11.9. The number of hydrogen-bond donors (Lipinski definition) is 1. The molecule has 1 atom stereocenters. The molecule has 0 aliphatic rings. The maximum atomic E-state index is 13.3. The first-order chi connectivity index (χ1) is 15.3. The molecule has 1 amide bonds. The lowest BCUT2D eigenvalue weighted by atomic mass is 10.1. The first-order valence-corrected chi connectivity index (χ1v) is 10.6. The van der Waals surface area contributed by atoms with E-state index in [0.717, 1.165) is 5.56 Å². The van der Waals surface area contributed by atoms with E-state index in [9.17, 15) is 9.59 Å². The number of amides is 1. The van der Waals surface area contributed by atoms with Gasteiger partial charge in [0.15, 0.2) is 11.9 Å². The maximum Gasteiger partial charge on any atom is 0.265 e. The number of anilines is 1. The predicted octanol–water partition coefficient (Wildman–Crippen LogP) is 6.48. The van der Waals surface area contributed by atoms with Gasteiger partial charge in [0.05, 0.1) is 5.39 Å². The average Bonchev–Trinajstić information content (AvgIpc) is 2.78. The van der Waals surface area contributed by atoms with Gasteiger partial charge in [-0.1, -0.05) is 40.9 Å². The van der Waals surface area contributed by atoms with Gasteiger partial charge in [-0.15, -0.1) is 0 Å². The Morgan fingerprint density at radius 3 is 2.31 bits per heavy atom. The van der Waals surface area contributed by atoms with Gasteiger partial charge in [0.2, 0.25) is 11.2 Å². The fraction of sp³-hybridized carbons (Fsp3) is 0.120. The quantitative estimate of drug-likeness (QED) is 0.364. The zero-order chi connectivity index (χ0) is 22.8. The summed E-state index contributed by atoms with van der Waals surface area (Å²) in [4.78, 5) is 26.0. The van der Waals surface area contributed by atoms with Gasteiger partial charge >= 0.3 is 0 Å². The molecule has 0 spiro atoms. The number of carbonyl (C=O) groups is 1. The number of hydrogen-bond acceptors (Lipinski definition) is 4. The van der Waals surface area contributed by atoms with Gasteiger partial charge in [-0.2, -0.15) is 0 Å². The van der Waals surface area contributed by atoms with E-state index in [1.165, 1.54) is 6.07 Å². The molecule has 1 aromatic heterocycles. The Bertz CT molecular complexity index is 1350. The molecule has 7 heteroatoms. The Labute approximate surface area is 194 Å². The normalized spacial score (nSPS) is 11.9. The summed E-state index contributed by atoms with van der Waals surface area (Å²) in [6.45, 7) is 3.53. The molecule has 0 radical (unpaired) electrons. The van der Waals surface area contributed by atoms with Gasteiger partial charge in [0.25, 0.3) is 5.91 Å². The first-order valence-electron chi connectivity index (χ1n) is 9.88. The van der Waals surface area contributed by atoms with E-state index in [-0.39, 0.29) is 16.9 Å². The molecule has 4 aromatic rings. The number of carbonyl (C=O) groups excluding carboxylic acids is 1. The summed E-state index contributed by atoms with van der Waals surface area (Å²) in [6.07, 6.45) is -0.970. The molecule has 1 unspecified atom stereocenters. The number of nitrogens with one attached hydrogen (secondary N) is 1. The van der Waals surface area contributed by atoms with Gasteiger partial charge in [-0.25, -0.2) is 0 Å². The fourth-order valence-corrected chi connectivity index (χ4v) is 3.46. The van der Waals surface area contributed by atoms with Crippen LogP contribution in [0.25, 0.3) is 22.3 Å². The molecule has 1 N–H and O–H groups in total. The smallest absolute Gasteiger partial charge is 0.265 e. The molecule has 1 heterocycles. The van der Waals surface area contributed by atoms with E-state index in [0.29, 0.717) is 26.9 Å². The van der Waals surface area contributed by atoms with E-state index >= 15 is 0 Å². The van der Waals surface area contributed by atoms with E-state index in [1.54, 1.807) is 55.5 Å². The zero-order valence-corrected chi connectivity index (χ0v) is 18.8. The summed E-state index contributed by atoms with van der Waals surface area (Å²) in [5, 5.41) is 3.97. The van der Waals surface area contributed by atoms with E-state index in [1.807, 2.05) is 19.1 Å². The van der Waals surface area contributed by atoms with Crippen LogP contribution in [0.3, 0.4) is 0 Å². The third-order valence-corrected chi connectivity index (χ3v) is 5.39. The second kappa shape index (κ2) is 9.07. The van der Waals surface area contributed by atoms with Crippen LogP contribution in [-0.2, 0) is 4.79 Å². The summed E-state index contributed by atoms with van der Waals surface area (Å²) >= 11 is 12.1. The lowest BCUT2D eigenvalue weighted by Gasteiger charge is -2.17. The van der Waals surface area contributed by atoms with Crippen LogP contribution in [0.5, 0.6) is 5.75 Å². The summed E-state index contributed by atoms with van der Waals surface area (Å²) in [5.74, 6) is -0.272. The molecule has 0 saturated carbocycles. The third-order valence-electron chi connectivity index (χ3n) is 4.90. The van der Waals surface area contributed by atoms with Crippen molar-refractivity contribution < 1.29 is 13.9 Å². The first kappa shape index (κ1) is 21.9. The van der Waals surface area contributed by atoms with Crippen molar-refractivity contribution in [3.05, 3.63) is 92.6 Å². The van der Waals surface area contributed by atoms with Crippen LogP contribution in [0.15, 0.2) is 75.9 Å². The Kier molecular flexibility index (Phi) is 6.21. The largest absolute Gasteiger partial charge is 0.473 e. The second-order valence-corrected chi connectivity index (χ2v) is 8.23. The SMILES string of the molecule is Cc1ccc(NC(=O)C(C)Oc2c(-c3ccc(Cl)cc3)oc3ccc(Cl)cc3c2=O)cc1. The molecule has 0 aliphatic carbocycles. The summed E-state index contributed by atoms with van der Waals surface area (Å²) in [5.41, 5.74) is 2.23. The molecule has 162 valence electrons. The maximum absolute atomic E-state index is 13.3. The van der Waals surface area contributed by atoms with Crippen molar-refractivity contribution in [1.29, 1.82) is 0 Å². The van der Waals surface area contributed by atoms with Gasteiger partial charge in [-0.3, -0.25) is 9.59 Å².